The fourth-order valence-corrected chi connectivity index (χ4v) is 4.53. The maximum absolute atomic E-state index is 6.19. The minimum atomic E-state index is 0.259. The first-order valence-electron chi connectivity index (χ1n) is 8.04. The van der Waals surface area contributed by atoms with Gasteiger partial charge >= 0.3 is 0 Å². The number of hydrogen-bond donors (Lipinski definition) is 1. The van der Waals surface area contributed by atoms with E-state index in [-0.39, 0.29) is 5.54 Å². The average Bonchev–Trinajstić information content (AvgIpc) is 3.17. The lowest BCUT2D eigenvalue weighted by Crippen LogP contribution is -2.60. The van der Waals surface area contributed by atoms with E-state index >= 15 is 0 Å². The van der Waals surface area contributed by atoms with Gasteiger partial charge in [-0.1, -0.05) is 26.2 Å². The Balaban J connectivity index is 1.72. The maximum atomic E-state index is 6.19. The molecule has 2 saturated carbocycles. The van der Waals surface area contributed by atoms with Crippen molar-refractivity contribution in [1.82, 2.24) is 4.90 Å². The molecule has 0 aromatic heterocycles. The van der Waals surface area contributed by atoms with E-state index in [1.54, 1.807) is 0 Å². The van der Waals surface area contributed by atoms with Gasteiger partial charge in [0.2, 0.25) is 0 Å². The van der Waals surface area contributed by atoms with Gasteiger partial charge in [0.1, 0.15) is 0 Å². The van der Waals surface area contributed by atoms with Crippen LogP contribution < -0.4 is 5.73 Å². The van der Waals surface area contributed by atoms with Crippen LogP contribution in [0.2, 0.25) is 0 Å². The van der Waals surface area contributed by atoms with Gasteiger partial charge < -0.3 is 5.73 Å². The zero-order valence-electron chi connectivity index (χ0n) is 12.3. The zero-order valence-corrected chi connectivity index (χ0v) is 12.3. The Morgan fingerprint density at radius 2 is 1.83 bits per heavy atom. The molecule has 0 radical (unpaired) electrons. The molecule has 0 aromatic carbocycles. The van der Waals surface area contributed by atoms with Crippen LogP contribution in [0.1, 0.15) is 58.8 Å². The first kappa shape index (κ1) is 12.9. The Morgan fingerprint density at radius 3 is 2.44 bits per heavy atom. The molecule has 3 fully saturated rings. The lowest BCUT2D eigenvalue weighted by Gasteiger charge is -2.52. The van der Waals surface area contributed by atoms with Crippen LogP contribution in [0.15, 0.2) is 0 Å². The number of piperidine rings is 1. The molecule has 2 aliphatic carbocycles. The van der Waals surface area contributed by atoms with Crippen molar-refractivity contribution in [3.8, 4) is 0 Å². The highest BCUT2D eigenvalue weighted by molar-refractivity contribution is 5.10. The molecule has 3 aliphatic rings. The molecule has 0 amide bonds. The van der Waals surface area contributed by atoms with Crippen molar-refractivity contribution in [3.05, 3.63) is 0 Å². The van der Waals surface area contributed by atoms with Crippen LogP contribution in [0.4, 0.5) is 0 Å². The number of hydrogen-bond acceptors (Lipinski definition) is 2. The summed E-state index contributed by atoms with van der Waals surface area (Å²) < 4.78 is 0. The summed E-state index contributed by atoms with van der Waals surface area (Å²) in [6.45, 7) is 8.34. The molecular weight excluding hydrogens is 220 g/mol. The first-order valence-corrected chi connectivity index (χ1v) is 8.04. The molecule has 0 aromatic rings. The van der Waals surface area contributed by atoms with Gasteiger partial charge in [-0.05, 0) is 56.4 Å². The van der Waals surface area contributed by atoms with Crippen LogP contribution in [0, 0.1) is 17.3 Å². The van der Waals surface area contributed by atoms with Crippen LogP contribution in [0.5, 0.6) is 0 Å². The van der Waals surface area contributed by atoms with Crippen LogP contribution in [0.25, 0.3) is 0 Å². The number of nitrogens with zero attached hydrogens (tertiary/aromatic N) is 1. The van der Waals surface area contributed by atoms with E-state index < -0.39 is 0 Å². The lowest BCUT2D eigenvalue weighted by atomic mass is 9.72. The average molecular weight is 250 g/mol. The van der Waals surface area contributed by atoms with Crippen LogP contribution in [-0.2, 0) is 0 Å². The summed E-state index contributed by atoms with van der Waals surface area (Å²) in [7, 11) is 0. The van der Waals surface area contributed by atoms with Crippen molar-refractivity contribution in [2.45, 2.75) is 64.3 Å². The highest BCUT2D eigenvalue weighted by atomic mass is 15.2. The van der Waals surface area contributed by atoms with E-state index in [1.807, 2.05) is 0 Å². The maximum Gasteiger partial charge on any atom is 0.0357 e. The Hall–Kier alpha value is -0.0800. The number of likely N-dealkylation sites (tertiary alicyclic amines) is 1. The van der Waals surface area contributed by atoms with E-state index in [2.05, 4.69) is 18.7 Å². The number of nitrogens with two attached hydrogens (primary N) is 1. The Morgan fingerprint density at radius 1 is 1.17 bits per heavy atom. The molecule has 2 N–H and O–H groups in total. The summed E-state index contributed by atoms with van der Waals surface area (Å²) in [6.07, 6.45) is 10.1. The normalized spacial score (nSPS) is 38.8. The fourth-order valence-electron chi connectivity index (χ4n) is 4.53. The third kappa shape index (κ3) is 1.92. The van der Waals surface area contributed by atoms with Crippen LogP contribution >= 0.6 is 0 Å². The molecule has 1 aliphatic heterocycles. The largest absolute Gasteiger partial charge is 0.329 e. The molecule has 0 spiro atoms. The van der Waals surface area contributed by atoms with Crippen molar-refractivity contribution >= 4 is 0 Å². The van der Waals surface area contributed by atoms with Gasteiger partial charge in [-0.3, -0.25) is 4.90 Å². The van der Waals surface area contributed by atoms with Crippen molar-refractivity contribution in [1.29, 1.82) is 0 Å². The van der Waals surface area contributed by atoms with Crippen LogP contribution in [-0.4, -0.2) is 30.1 Å². The molecule has 0 bridgehead atoms. The van der Waals surface area contributed by atoms with E-state index in [1.165, 1.54) is 58.0 Å². The summed E-state index contributed by atoms with van der Waals surface area (Å²) in [4.78, 5) is 2.77. The van der Waals surface area contributed by atoms with Gasteiger partial charge in [0.05, 0.1) is 0 Å². The van der Waals surface area contributed by atoms with E-state index in [0.717, 1.165) is 18.4 Å². The predicted octanol–water partition coefficient (Wildman–Crippen LogP) is 3.02. The third-order valence-electron chi connectivity index (χ3n) is 6.69. The minimum absolute atomic E-state index is 0.259. The molecule has 3 atom stereocenters. The van der Waals surface area contributed by atoms with Gasteiger partial charge in [0.15, 0.2) is 0 Å². The summed E-state index contributed by atoms with van der Waals surface area (Å²) in [5.41, 5.74) is 6.95. The third-order valence-corrected chi connectivity index (χ3v) is 6.69. The standard InChI is InChI=1S/C16H30N2/c1-15(8-9-15)16(2,12-17)18-10-7-13-5-3-4-6-14(13)11-18/h13-14H,3-12,17H2,1-2H3. The monoisotopic (exact) mass is 250 g/mol. The molecular formula is C16H30N2. The quantitative estimate of drug-likeness (QED) is 0.834. The Kier molecular flexibility index (Phi) is 3.22. The van der Waals surface area contributed by atoms with Gasteiger partial charge in [-0.15, -0.1) is 0 Å². The van der Waals surface area contributed by atoms with Crippen molar-refractivity contribution < 1.29 is 0 Å². The van der Waals surface area contributed by atoms with Gasteiger partial charge in [0, 0.05) is 18.6 Å². The molecule has 104 valence electrons. The Labute approximate surface area is 112 Å². The molecule has 2 heteroatoms. The van der Waals surface area contributed by atoms with E-state index in [4.69, 9.17) is 5.73 Å². The van der Waals surface area contributed by atoms with Gasteiger partial charge in [-0.2, -0.15) is 0 Å². The summed E-state index contributed by atoms with van der Waals surface area (Å²) in [5.74, 6) is 2.00. The summed E-state index contributed by atoms with van der Waals surface area (Å²) in [6, 6.07) is 0. The Bertz CT molecular complexity index is 310. The van der Waals surface area contributed by atoms with Gasteiger partial charge in [0.25, 0.3) is 0 Å². The summed E-state index contributed by atoms with van der Waals surface area (Å²) >= 11 is 0. The highest BCUT2D eigenvalue weighted by Gasteiger charge is 2.55. The molecule has 3 rings (SSSR count). The number of rotatable bonds is 3. The second-order valence-electron chi connectivity index (χ2n) is 7.58. The topological polar surface area (TPSA) is 29.3 Å². The SMILES string of the molecule is CC1(C(C)(CN)N2CCC3CCCCC3C2)CC1. The van der Waals surface area contributed by atoms with Crippen molar-refractivity contribution in [2.24, 2.45) is 23.0 Å². The van der Waals surface area contributed by atoms with E-state index in [9.17, 15) is 0 Å². The molecule has 3 unspecified atom stereocenters. The van der Waals surface area contributed by atoms with E-state index in [0.29, 0.717) is 5.41 Å². The minimum Gasteiger partial charge on any atom is -0.329 e. The van der Waals surface area contributed by atoms with Crippen LogP contribution in [0.3, 0.4) is 0 Å². The number of fused-ring (bicyclic) bond motifs is 1. The second kappa shape index (κ2) is 4.49. The molecule has 1 saturated heterocycles. The first-order chi connectivity index (χ1) is 8.59. The zero-order chi connectivity index (χ0) is 12.8. The van der Waals surface area contributed by atoms with Crippen molar-refractivity contribution in [2.75, 3.05) is 19.6 Å². The molecule has 1 heterocycles. The lowest BCUT2D eigenvalue weighted by molar-refractivity contribution is -0.0181. The highest BCUT2D eigenvalue weighted by Crippen LogP contribution is 2.56. The second-order valence-corrected chi connectivity index (χ2v) is 7.58. The molecule has 2 nitrogen and oxygen atoms in total. The summed E-state index contributed by atoms with van der Waals surface area (Å²) in [5, 5.41) is 0. The smallest absolute Gasteiger partial charge is 0.0357 e. The van der Waals surface area contributed by atoms with Crippen molar-refractivity contribution in [3.63, 3.8) is 0 Å². The fraction of sp³-hybridized carbons (Fsp3) is 1.00. The predicted molar refractivity (Wildman–Crippen MR) is 76.4 cm³/mol. The van der Waals surface area contributed by atoms with Gasteiger partial charge in [-0.25, -0.2) is 0 Å². The molecule has 18 heavy (non-hydrogen) atoms.